The number of rotatable bonds is 7. The summed E-state index contributed by atoms with van der Waals surface area (Å²) in [7, 11) is 4.03. The van der Waals surface area contributed by atoms with E-state index in [1.807, 2.05) is 0 Å². The lowest BCUT2D eigenvalue weighted by Gasteiger charge is -2.18. The Morgan fingerprint density at radius 2 is 1.72 bits per heavy atom. The first-order chi connectivity index (χ1) is 12.0. The Morgan fingerprint density at radius 1 is 1.08 bits per heavy atom. The maximum Gasteiger partial charge on any atom is 0.337 e. The molecule has 0 aromatic heterocycles. The van der Waals surface area contributed by atoms with Gasteiger partial charge in [-0.25, -0.2) is 9.18 Å². The van der Waals surface area contributed by atoms with Crippen LogP contribution in [0.3, 0.4) is 0 Å². The summed E-state index contributed by atoms with van der Waals surface area (Å²) in [6.07, 6.45) is -1.33. The number of benzene rings is 2. The Labute approximate surface area is 144 Å². The Balaban J connectivity index is 2.42. The molecular weight excluding hydrogens is 331 g/mol. The van der Waals surface area contributed by atoms with Crippen LogP contribution in [0, 0.1) is 5.82 Å². The largest absolute Gasteiger partial charge is 0.494 e. The third kappa shape index (κ3) is 4.07. The van der Waals surface area contributed by atoms with Crippen molar-refractivity contribution >= 4 is 5.97 Å². The molecule has 2 aromatic carbocycles. The highest BCUT2D eigenvalue weighted by Gasteiger charge is 2.24. The first-order valence-corrected chi connectivity index (χ1v) is 7.38. The summed E-state index contributed by atoms with van der Waals surface area (Å²) in [5.41, 5.74) is 0.615. The highest BCUT2D eigenvalue weighted by molar-refractivity contribution is 5.89. The summed E-state index contributed by atoms with van der Waals surface area (Å²) in [6.45, 7) is -0.104. The number of carbonyl (C=O) groups excluding carboxylic acids is 1. The van der Waals surface area contributed by atoms with Gasteiger partial charge in [-0.05, 0) is 29.8 Å². The lowest BCUT2D eigenvalue weighted by molar-refractivity contribution is 0.0482. The molecule has 2 aromatic rings. The van der Waals surface area contributed by atoms with Crippen LogP contribution in [0.15, 0.2) is 36.4 Å². The number of esters is 1. The predicted octanol–water partition coefficient (Wildman–Crippen LogP) is 2.69. The van der Waals surface area contributed by atoms with Crippen molar-refractivity contribution in [1.29, 1.82) is 0 Å². The molecule has 0 saturated carbocycles. The van der Waals surface area contributed by atoms with Gasteiger partial charge in [0.15, 0.2) is 18.4 Å². The van der Waals surface area contributed by atoms with Gasteiger partial charge in [0.2, 0.25) is 0 Å². The predicted molar refractivity (Wildman–Crippen MR) is 87.3 cm³/mol. The average Bonchev–Trinajstić information content (AvgIpc) is 2.65. The van der Waals surface area contributed by atoms with Crippen molar-refractivity contribution in [2.75, 3.05) is 28.1 Å². The molecule has 0 bridgehead atoms. The SMILES string of the molecule is COCOc1ccc(OC)c(F)c1C(O)c1ccc(C(=O)OC)cc1. The molecule has 25 heavy (non-hydrogen) atoms. The van der Waals surface area contributed by atoms with Gasteiger partial charge in [0.25, 0.3) is 0 Å². The number of aliphatic hydroxyl groups is 1. The molecule has 7 heteroatoms. The normalized spacial score (nSPS) is 11.7. The maximum atomic E-state index is 14.7. The van der Waals surface area contributed by atoms with Gasteiger partial charge in [-0.15, -0.1) is 0 Å². The van der Waals surface area contributed by atoms with E-state index in [0.29, 0.717) is 11.1 Å². The zero-order valence-electron chi connectivity index (χ0n) is 14.1. The minimum absolute atomic E-state index is 0.0232. The van der Waals surface area contributed by atoms with Crippen LogP contribution >= 0.6 is 0 Å². The van der Waals surface area contributed by atoms with Crippen LogP contribution < -0.4 is 9.47 Å². The van der Waals surface area contributed by atoms with Crippen LogP contribution in [0.4, 0.5) is 4.39 Å². The van der Waals surface area contributed by atoms with Crippen molar-refractivity contribution in [3.63, 3.8) is 0 Å². The summed E-state index contributed by atoms with van der Waals surface area (Å²) in [5.74, 6) is -1.13. The Hall–Kier alpha value is -2.64. The van der Waals surface area contributed by atoms with Gasteiger partial charge in [0.05, 0.1) is 25.3 Å². The van der Waals surface area contributed by atoms with Crippen molar-refractivity contribution in [1.82, 2.24) is 0 Å². The summed E-state index contributed by atoms with van der Waals surface area (Å²) >= 11 is 0. The van der Waals surface area contributed by atoms with Crippen molar-refractivity contribution in [3.8, 4) is 11.5 Å². The van der Waals surface area contributed by atoms with E-state index in [9.17, 15) is 14.3 Å². The summed E-state index contributed by atoms with van der Waals surface area (Å²) in [5, 5.41) is 10.6. The zero-order chi connectivity index (χ0) is 18.4. The van der Waals surface area contributed by atoms with Gasteiger partial charge >= 0.3 is 5.97 Å². The smallest absolute Gasteiger partial charge is 0.337 e. The standard InChI is InChI=1S/C18H19FO6/c1-22-10-25-13-8-9-14(23-2)16(19)15(13)17(20)11-4-6-12(7-5-11)18(21)24-3/h4-9,17,20H,10H2,1-3H3. The minimum atomic E-state index is -1.33. The molecule has 6 nitrogen and oxygen atoms in total. The highest BCUT2D eigenvalue weighted by Crippen LogP contribution is 2.36. The van der Waals surface area contributed by atoms with E-state index in [1.165, 1.54) is 57.7 Å². The molecule has 1 unspecified atom stereocenters. The molecule has 0 aliphatic heterocycles. The molecule has 0 radical (unpaired) electrons. The van der Waals surface area contributed by atoms with Gasteiger partial charge in [0.1, 0.15) is 11.9 Å². The molecule has 1 N–H and O–H groups in total. The molecule has 1 atom stereocenters. The number of aliphatic hydroxyl groups excluding tert-OH is 1. The van der Waals surface area contributed by atoms with Crippen LogP contribution in [0.1, 0.15) is 27.6 Å². The van der Waals surface area contributed by atoms with Crippen LogP contribution in [0.5, 0.6) is 11.5 Å². The Kier molecular flexibility index (Phi) is 6.32. The van der Waals surface area contributed by atoms with Crippen molar-refractivity contribution in [2.24, 2.45) is 0 Å². The first-order valence-electron chi connectivity index (χ1n) is 7.38. The topological polar surface area (TPSA) is 74.2 Å². The van der Waals surface area contributed by atoms with Gasteiger partial charge in [-0.1, -0.05) is 12.1 Å². The molecule has 0 heterocycles. The third-order valence-electron chi connectivity index (χ3n) is 3.58. The first kappa shape index (κ1) is 18.7. The van der Waals surface area contributed by atoms with E-state index in [4.69, 9.17) is 14.2 Å². The molecular formula is C18H19FO6. The summed E-state index contributed by atoms with van der Waals surface area (Å²) in [6, 6.07) is 8.88. The number of halogens is 1. The molecule has 0 spiro atoms. The second-order valence-electron chi connectivity index (χ2n) is 5.06. The van der Waals surface area contributed by atoms with E-state index in [1.54, 1.807) is 0 Å². The van der Waals surface area contributed by atoms with Gasteiger partial charge in [0, 0.05) is 7.11 Å². The highest BCUT2D eigenvalue weighted by atomic mass is 19.1. The van der Waals surface area contributed by atoms with Gasteiger partial charge in [-0.2, -0.15) is 0 Å². The Morgan fingerprint density at radius 3 is 2.28 bits per heavy atom. The molecule has 0 amide bonds. The van der Waals surface area contributed by atoms with Crippen molar-refractivity contribution in [3.05, 3.63) is 58.9 Å². The monoisotopic (exact) mass is 350 g/mol. The van der Waals surface area contributed by atoms with Crippen LogP contribution in [0.2, 0.25) is 0 Å². The second-order valence-corrected chi connectivity index (χ2v) is 5.06. The van der Waals surface area contributed by atoms with E-state index >= 15 is 0 Å². The van der Waals surface area contributed by atoms with Gasteiger partial charge in [-0.3, -0.25) is 0 Å². The molecule has 134 valence electrons. The summed E-state index contributed by atoms with van der Waals surface area (Å²) in [4.78, 5) is 11.5. The van der Waals surface area contributed by atoms with Crippen molar-refractivity contribution < 1.29 is 33.2 Å². The number of hydrogen-bond donors (Lipinski definition) is 1. The molecule has 0 fully saturated rings. The van der Waals surface area contributed by atoms with Crippen LogP contribution in [0.25, 0.3) is 0 Å². The number of hydrogen-bond acceptors (Lipinski definition) is 6. The fraction of sp³-hybridized carbons (Fsp3) is 0.278. The van der Waals surface area contributed by atoms with E-state index in [-0.39, 0.29) is 23.9 Å². The fourth-order valence-electron chi connectivity index (χ4n) is 2.30. The zero-order valence-corrected chi connectivity index (χ0v) is 14.1. The van der Waals surface area contributed by atoms with E-state index < -0.39 is 17.9 Å². The molecule has 0 aliphatic rings. The summed E-state index contributed by atoms with van der Waals surface area (Å²) < 4.78 is 34.4. The van der Waals surface area contributed by atoms with Crippen LogP contribution in [-0.4, -0.2) is 39.2 Å². The average molecular weight is 350 g/mol. The molecule has 2 rings (SSSR count). The Bertz CT molecular complexity index is 729. The number of carbonyl (C=O) groups is 1. The maximum absolute atomic E-state index is 14.7. The fourth-order valence-corrected chi connectivity index (χ4v) is 2.30. The number of ether oxygens (including phenoxy) is 4. The minimum Gasteiger partial charge on any atom is -0.494 e. The third-order valence-corrected chi connectivity index (χ3v) is 3.58. The van der Waals surface area contributed by atoms with Gasteiger partial charge < -0.3 is 24.1 Å². The lowest BCUT2D eigenvalue weighted by atomic mass is 9.98. The van der Waals surface area contributed by atoms with Crippen LogP contribution in [-0.2, 0) is 9.47 Å². The molecule has 0 saturated heterocycles. The quantitative estimate of drug-likeness (QED) is 0.611. The number of methoxy groups -OCH3 is 3. The lowest BCUT2D eigenvalue weighted by Crippen LogP contribution is -2.10. The van der Waals surface area contributed by atoms with E-state index in [0.717, 1.165) is 0 Å². The second kappa shape index (κ2) is 8.46. The van der Waals surface area contributed by atoms with E-state index in [2.05, 4.69) is 4.74 Å². The van der Waals surface area contributed by atoms with Crippen molar-refractivity contribution in [2.45, 2.75) is 6.10 Å². The molecule has 0 aliphatic carbocycles.